The van der Waals surface area contributed by atoms with E-state index < -0.39 is 25.1 Å². The molecule has 0 aromatic rings. The summed E-state index contributed by atoms with van der Waals surface area (Å²) in [6.45, 7) is 5.86. The molecule has 0 bridgehead atoms. The second-order valence-corrected chi connectivity index (χ2v) is 6.16. The van der Waals surface area contributed by atoms with Crippen molar-refractivity contribution in [1.29, 1.82) is 0 Å². The van der Waals surface area contributed by atoms with Gasteiger partial charge in [0, 0.05) is 20.0 Å². The summed E-state index contributed by atoms with van der Waals surface area (Å²) >= 11 is 0. The van der Waals surface area contributed by atoms with E-state index in [1.807, 2.05) is 20.0 Å². The van der Waals surface area contributed by atoms with E-state index in [1.165, 1.54) is 0 Å². The lowest BCUT2D eigenvalue weighted by atomic mass is 12.0. The molecule has 1 heterocycles. The minimum absolute atomic E-state index is 0.638. The average molecular weight is 186 g/mol. The summed E-state index contributed by atoms with van der Waals surface area (Å²) in [5.74, 6) is 0. The van der Waals surface area contributed by atoms with Crippen molar-refractivity contribution >= 4 is 25.1 Å². The Balaban J connectivity index is 2.34. The molecule has 0 atom stereocenters. The highest BCUT2D eigenvalue weighted by atomic mass is 31.3. The standard InChI is InChI=1S/C3H9O3P3/c1-7-4-8(2)6-9(3)5-7/h1-3H3. The molecule has 1 aliphatic heterocycles. The van der Waals surface area contributed by atoms with Gasteiger partial charge >= 0.3 is 0 Å². The second kappa shape index (κ2) is 3.53. The maximum Gasteiger partial charge on any atom is 0.178 e. The Morgan fingerprint density at radius 3 is 1.11 bits per heavy atom. The van der Waals surface area contributed by atoms with Crippen LogP contribution >= 0.6 is 25.1 Å². The summed E-state index contributed by atoms with van der Waals surface area (Å²) < 4.78 is 15.8. The van der Waals surface area contributed by atoms with Crippen molar-refractivity contribution in [1.82, 2.24) is 0 Å². The Morgan fingerprint density at radius 2 is 0.889 bits per heavy atom. The largest absolute Gasteiger partial charge is 0.283 e. The lowest BCUT2D eigenvalue weighted by Gasteiger charge is -2.27. The van der Waals surface area contributed by atoms with Gasteiger partial charge in [-0.1, -0.05) is 0 Å². The lowest BCUT2D eigenvalue weighted by Crippen LogP contribution is -1.90. The summed E-state index contributed by atoms with van der Waals surface area (Å²) in [6.07, 6.45) is 0. The number of rotatable bonds is 0. The van der Waals surface area contributed by atoms with Crippen LogP contribution in [0.25, 0.3) is 0 Å². The Kier molecular flexibility index (Phi) is 3.24. The molecule has 0 N–H and O–H groups in total. The van der Waals surface area contributed by atoms with Crippen molar-refractivity contribution < 1.29 is 12.9 Å². The van der Waals surface area contributed by atoms with Gasteiger partial charge in [0.15, 0.2) is 25.1 Å². The van der Waals surface area contributed by atoms with Gasteiger partial charge in [0.25, 0.3) is 0 Å². The first kappa shape index (κ1) is 8.27. The van der Waals surface area contributed by atoms with Gasteiger partial charge in [0.2, 0.25) is 0 Å². The Morgan fingerprint density at radius 1 is 0.667 bits per heavy atom. The molecule has 0 aromatic carbocycles. The predicted molar refractivity (Wildman–Crippen MR) is 41.8 cm³/mol. The van der Waals surface area contributed by atoms with Crippen LogP contribution in [-0.2, 0) is 12.9 Å². The average Bonchev–Trinajstić information content (AvgIpc) is 1.59. The van der Waals surface area contributed by atoms with Crippen molar-refractivity contribution in [3.63, 3.8) is 0 Å². The third-order valence-electron chi connectivity index (χ3n) is 0.690. The van der Waals surface area contributed by atoms with Crippen molar-refractivity contribution in [2.45, 2.75) is 0 Å². The molecule has 9 heavy (non-hydrogen) atoms. The van der Waals surface area contributed by atoms with Crippen molar-refractivity contribution in [2.24, 2.45) is 0 Å². The van der Waals surface area contributed by atoms with Crippen LogP contribution in [0.1, 0.15) is 0 Å². The van der Waals surface area contributed by atoms with Crippen LogP contribution < -0.4 is 0 Å². The van der Waals surface area contributed by atoms with E-state index in [1.54, 1.807) is 0 Å². The zero-order chi connectivity index (χ0) is 6.85. The Labute approximate surface area is 58.8 Å². The smallest absolute Gasteiger partial charge is 0.178 e. The third-order valence-corrected chi connectivity index (χ3v) is 6.21. The molecule has 0 spiro atoms. The van der Waals surface area contributed by atoms with Gasteiger partial charge in [-0.15, -0.1) is 0 Å². The zero-order valence-electron chi connectivity index (χ0n) is 5.57. The van der Waals surface area contributed by atoms with E-state index in [0.717, 1.165) is 0 Å². The SMILES string of the molecule is CP1OP(C)OP(C)O1. The van der Waals surface area contributed by atoms with E-state index in [0.29, 0.717) is 0 Å². The first-order valence-electron chi connectivity index (χ1n) is 2.44. The fourth-order valence-corrected chi connectivity index (χ4v) is 5.58. The number of hydrogen-bond acceptors (Lipinski definition) is 3. The van der Waals surface area contributed by atoms with Crippen LogP contribution in [0.2, 0.25) is 0 Å². The van der Waals surface area contributed by atoms with Gasteiger partial charge in [-0.3, -0.25) is 12.9 Å². The fraction of sp³-hybridized carbons (Fsp3) is 1.00. The molecule has 0 amide bonds. The Bertz CT molecular complexity index is 75.3. The van der Waals surface area contributed by atoms with E-state index in [-0.39, 0.29) is 0 Å². The lowest BCUT2D eigenvalue weighted by molar-refractivity contribution is 0.427. The normalized spacial score (nSPS) is 45.0. The highest BCUT2D eigenvalue weighted by Crippen LogP contribution is 2.67. The molecule has 0 saturated carbocycles. The maximum absolute atomic E-state index is 5.26. The van der Waals surface area contributed by atoms with Crippen molar-refractivity contribution in [3.8, 4) is 0 Å². The minimum atomic E-state index is -0.638. The van der Waals surface area contributed by atoms with Crippen LogP contribution in [0.15, 0.2) is 0 Å². The molecule has 3 nitrogen and oxygen atoms in total. The second-order valence-electron chi connectivity index (χ2n) is 1.56. The van der Waals surface area contributed by atoms with Crippen LogP contribution in [0, 0.1) is 0 Å². The minimum Gasteiger partial charge on any atom is -0.283 e. The molecule has 1 aliphatic rings. The summed E-state index contributed by atoms with van der Waals surface area (Å²) in [5, 5.41) is 0. The van der Waals surface area contributed by atoms with Gasteiger partial charge in [-0.05, 0) is 0 Å². The van der Waals surface area contributed by atoms with Crippen LogP contribution in [0.5, 0.6) is 0 Å². The van der Waals surface area contributed by atoms with Gasteiger partial charge in [0.1, 0.15) is 0 Å². The van der Waals surface area contributed by atoms with E-state index >= 15 is 0 Å². The first-order chi connectivity index (χ1) is 4.18. The van der Waals surface area contributed by atoms with Crippen molar-refractivity contribution in [2.75, 3.05) is 20.0 Å². The first-order valence-corrected chi connectivity index (χ1v) is 7.31. The summed E-state index contributed by atoms with van der Waals surface area (Å²) in [4.78, 5) is 0. The summed E-state index contributed by atoms with van der Waals surface area (Å²) in [5.41, 5.74) is 0. The van der Waals surface area contributed by atoms with Crippen LogP contribution in [0.3, 0.4) is 0 Å². The predicted octanol–water partition coefficient (Wildman–Crippen LogP) is 2.87. The molecule has 54 valence electrons. The quantitative estimate of drug-likeness (QED) is 0.544. The summed E-state index contributed by atoms with van der Waals surface area (Å²) in [7, 11) is -1.91. The molecule has 1 fully saturated rings. The molecule has 6 heteroatoms. The van der Waals surface area contributed by atoms with Gasteiger partial charge in [0.05, 0.1) is 0 Å². The molecule has 0 radical (unpaired) electrons. The van der Waals surface area contributed by atoms with Gasteiger partial charge in [-0.2, -0.15) is 0 Å². The van der Waals surface area contributed by atoms with E-state index in [2.05, 4.69) is 0 Å². The monoisotopic (exact) mass is 186 g/mol. The Hall–Kier alpha value is 1.17. The van der Waals surface area contributed by atoms with Gasteiger partial charge < -0.3 is 0 Å². The molecule has 0 unspecified atom stereocenters. The molecule has 1 saturated heterocycles. The molecular weight excluding hydrogens is 177 g/mol. The topological polar surface area (TPSA) is 27.7 Å². The highest BCUT2D eigenvalue weighted by Gasteiger charge is 2.23. The summed E-state index contributed by atoms with van der Waals surface area (Å²) in [6, 6.07) is 0. The molecule has 0 aliphatic carbocycles. The maximum atomic E-state index is 5.26. The molecular formula is C3H9O3P3. The molecule has 0 aromatic heterocycles. The fourth-order valence-electron chi connectivity index (χ4n) is 0.530. The van der Waals surface area contributed by atoms with Crippen LogP contribution in [-0.4, -0.2) is 20.0 Å². The van der Waals surface area contributed by atoms with Crippen molar-refractivity contribution in [3.05, 3.63) is 0 Å². The third kappa shape index (κ3) is 2.72. The number of hydrogen-bond donors (Lipinski definition) is 0. The molecule has 1 rings (SSSR count). The zero-order valence-corrected chi connectivity index (χ0v) is 8.25. The van der Waals surface area contributed by atoms with Crippen LogP contribution in [0.4, 0.5) is 0 Å². The highest BCUT2D eigenvalue weighted by molar-refractivity contribution is 7.73. The van der Waals surface area contributed by atoms with E-state index in [9.17, 15) is 0 Å². The van der Waals surface area contributed by atoms with Gasteiger partial charge in [-0.25, -0.2) is 0 Å². The van der Waals surface area contributed by atoms with E-state index in [4.69, 9.17) is 12.9 Å².